The van der Waals surface area contributed by atoms with Gasteiger partial charge in [0.1, 0.15) is 6.04 Å². The molecule has 0 saturated heterocycles. The Labute approximate surface area is 82.2 Å². The van der Waals surface area contributed by atoms with Crippen molar-refractivity contribution in [2.45, 2.75) is 18.9 Å². The van der Waals surface area contributed by atoms with E-state index in [1.54, 1.807) is 14.1 Å². The summed E-state index contributed by atoms with van der Waals surface area (Å²) in [6.45, 7) is 0. The van der Waals surface area contributed by atoms with Gasteiger partial charge in [0.15, 0.2) is 0 Å². The number of carbonyl (C=O) groups is 2. The average Bonchev–Trinajstić information content (AvgIpc) is 2.80. The van der Waals surface area contributed by atoms with Gasteiger partial charge in [-0.05, 0) is 18.8 Å². The maximum atomic E-state index is 11.2. The van der Waals surface area contributed by atoms with Crippen LogP contribution in [-0.4, -0.2) is 42.3 Å². The van der Waals surface area contributed by atoms with Crippen LogP contribution in [0.3, 0.4) is 0 Å². The van der Waals surface area contributed by atoms with Gasteiger partial charge in [-0.1, -0.05) is 0 Å². The van der Waals surface area contributed by atoms with E-state index in [0.717, 1.165) is 12.8 Å². The molecule has 1 unspecified atom stereocenters. The molecule has 6 heteroatoms. The maximum Gasteiger partial charge on any atom is 0.330 e. The van der Waals surface area contributed by atoms with E-state index in [9.17, 15) is 9.59 Å². The minimum Gasteiger partial charge on any atom is -0.480 e. The highest BCUT2D eigenvalue weighted by molar-refractivity contribution is 5.82. The van der Waals surface area contributed by atoms with Gasteiger partial charge in [-0.3, -0.25) is 5.43 Å². The van der Waals surface area contributed by atoms with Gasteiger partial charge in [0, 0.05) is 14.1 Å². The van der Waals surface area contributed by atoms with Gasteiger partial charge in [0.05, 0.1) is 0 Å². The molecule has 1 saturated carbocycles. The Balaban J connectivity index is 2.39. The fourth-order valence-electron chi connectivity index (χ4n) is 1.19. The number of carbonyl (C=O) groups excluding carboxylic acids is 1. The number of hydrazine groups is 1. The SMILES string of the molecule is CN(C)NC(=O)NC(C(=O)O)C1CC1. The van der Waals surface area contributed by atoms with Crippen LogP contribution in [0.1, 0.15) is 12.8 Å². The third kappa shape index (κ3) is 3.21. The van der Waals surface area contributed by atoms with E-state index in [2.05, 4.69) is 10.7 Å². The molecule has 6 nitrogen and oxygen atoms in total. The van der Waals surface area contributed by atoms with Crippen LogP contribution in [0.25, 0.3) is 0 Å². The number of nitrogens with zero attached hydrogens (tertiary/aromatic N) is 1. The van der Waals surface area contributed by atoms with Gasteiger partial charge in [0.2, 0.25) is 0 Å². The van der Waals surface area contributed by atoms with Crippen molar-refractivity contribution in [2.75, 3.05) is 14.1 Å². The first-order valence-electron chi connectivity index (χ1n) is 4.48. The van der Waals surface area contributed by atoms with Crippen LogP contribution in [0.2, 0.25) is 0 Å². The Morgan fingerprint density at radius 3 is 2.36 bits per heavy atom. The molecule has 0 aromatic carbocycles. The van der Waals surface area contributed by atoms with Crippen molar-refractivity contribution < 1.29 is 14.7 Å². The molecule has 0 aromatic rings. The first-order chi connectivity index (χ1) is 6.50. The molecule has 14 heavy (non-hydrogen) atoms. The molecular formula is C8H15N3O3. The number of aliphatic carboxylic acids is 1. The second kappa shape index (κ2) is 4.28. The number of amides is 2. The molecule has 0 bridgehead atoms. The molecule has 1 rings (SSSR count). The van der Waals surface area contributed by atoms with Crippen LogP contribution in [0.15, 0.2) is 0 Å². The Morgan fingerprint density at radius 2 is 2.00 bits per heavy atom. The molecule has 0 aromatic heterocycles. The van der Waals surface area contributed by atoms with Gasteiger partial charge in [-0.25, -0.2) is 14.6 Å². The smallest absolute Gasteiger partial charge is 0.330 e. The molecule has 0 radical (unpaired) electrons. The highest BCUT2D eigenvalue weighted by Gasteiger charge is 2.37. The summed E-state index contributed by atoms with van der Waals surface area (Å²) in [7, 11) is 3.32. The molecule has 1 aliphatic carbocycles. The summed E-state index contributed by atoms with van der Waals surface area (Å²) < 4.78 is 0. The lowest BCUT2D eigenvalue weighted by Crippen LogP contribution is -2.50. The highest BCUT2D eigenvalue weighted by atomic mass is 16.4. The van der Waals surface area contributed by atoms with E-state index >= 15 is 0 Å². The second-order valence-electron chi connectivity index (χ2n) is 3.63. The molecule has 0 spiro atoms. The lowest BCUT2D eigenvalue weighted by Gasteiger charge is -2.17. The monoisotopic (exact) mass is 201 g/mol. The third-order valence-electron chi connectivity index (χ3n) is 1.97. The molecular weight excluding hydrogens is 186 g/mol. The number of nitrogens with one attached hydrogen (secondary N) is 2. The maximum absolute atomic E-state index is 11.2. The fourth-order valence-corrected chi connectivity index (χ4v) is 1.19. The second-order valence-corrected chi connectivity index (χ2v) is 3.63. The number of carboxylic acids is 1. The van der Waals surface area contributed by atoms with Crippen LogP contribution >= 0.6 is 0 Å². The Morgan fingerprint density at radius 1 is 1.43 bits per heavy atom. The van der Waals surface area contributed by atoms with Crippen LogP contribution in [0.5, 0.6) is 0 Å². The highest BCUT2D eigenvalue weighted by Crippen LogP contribution is 2.32. The molecule has 80 valence electrons. The minimum atomic E-state index is -0.971. The fraction of sp³-hybridized carbons (Fsp3) is 0.750. The quantitative estimate of drug-likeness (QED) is 0.542. The number of hydrogen-bond acceptors (Lipinski definition) is 3. The van der Waals surface area contributed by atoms with Crippen molar-refractivity contribution in [3.63, 3.8) is 0 Å². The van der Waals surface area contributed by atoms with Gasteiger partial charge in [-0.2, -0.15) is 0 Å². The number of urea groups is 1. The van der Waals surface area contributed by atoms with Gasteiger partial charge < -0.3 is 10.4 Å². The zero-order valence-electron chi connectivity index (χ0n) is 8.28. The summed E-state index contributed by atoms with van der Waals surface area (Å²) in [5.41, 5.74) is 2.43. The van der Waals surface area contributed by atoms with E-state index in [-0.39, 0.29) is 5.92 Å². The van der Waals surface area contributed by atoms with E-state index in [4.69, 9.17) is 5.11 Å². The van der Waals surface area contributed by atoms with Crippen molar-refractivity contribution >= 4 is 12.0 Å². The van der Waals surface area contributed by atoms with Crippen molar-refractivity contribution in [3.05, 3.63) is 0 Å². The van der Waals surface area contributed by atoms with Gasteiger partial charge in [0.25, 0.3) is 0 Å². The largest absolute Gasteiger partial charge is 0.480 e. The predicted molar refractivity (Wildman–Crippen MR) is 49.5 cm³/mol. The molecule has 1 atom stereocenters. The molecule has 1 fully saturated rings. The zero-order chi connectivity index (χ0) is 10.7. The predicted octanol–water partition coefficient (Wildman–Crippen LogP) is -0.375. The number of rotatable bonds is 4. The first-order valence-corrected chi connectivity index (χ1v) is 4.48. The lowest BCUT2D eigenvalue weighted by molar-refractivity contribution is -0.139. The molecule has 2 amide bonds. The van der Waals surface area contributed by atoms with Gasteiger partial charge in [-0.15, -0.1) is 0 Å². The summed E-state index contributed by atoms with van der Waals surface area (Å²) in [5, 5.41) is 12.7. The van der Waals surface area contributed by atoms with E-state index < -0.39 is 18.0 Å². The summed E-state index contributed by atoms with van der Waals surface area (Å²) in [6.07, 6.45) is 1.75. The average molecular weight is 201 g/mol. The molecule has 3 N–H and O–H groups in total. The summed E-state index contributed by atoms with van der Waals surface area (Å²) in [6, 6.07) is -1.23. The third-order valence-corrected chi connectivity index (χ3v) is 1.97. The summed E-state index contributed by atoms with van der Waals surface area (Å²) in [5.74, 6) is -0.873. The number of carboxylic acid groups (broad SMARTS) is 1. The van der Waals surface area contributed by atoms with Crippen molar-refractivity contribution in [1.29, 1.82) is 0 Å². The molecule has 0 aliphatic heterocycles. The van der Waals surface area contributed by atoms with Crippen molar-refractivity contribution in [3.8, 4) is 0 Å². The lowest BCUT2D eigenvalue weighted by atomic mass is 10.2. The summed E-state index contributed by atoms with van der Waals surface area (Å²) in [4.78, 5) is 21.9. The topological polar surface area (TPSA) is 81.7 Å². The van der Waals surface area contributed by atoms with E-state index in [0.29, 0.717) is 0 Å². The molecule has 0 heterocycles. The Bertz CT molecular complexity index is 238. The van der Waals surface area contributed by atoms with Crippen molar-refractivity contribution in [2.24, 2.45) is 5.92 Å². The standard InChI is InChI=1S/C8H15N3O3/c1-11(2)10-8(14)9-6(7(12)13)5-3-4-5/h5-6H,3-4H2,1-2H3,(H,12,13)(H2,9,10,14). The zero-order valence-corrected chi connectivity index (χ0v) is 8.28. The molecule has 1 aliphatic rings. The summed E-state index contributed by atoms with van der Waals surface area (Å²) >= 11 is 0. The minimum absolute atomic E-state index is 0.0976. The van der Waals surface area contributed by atoms with Crippen LogP contribution < -0.4 is 10.7 Å². The Hall–Kier alpha value is -1.30. The van der Waals surface area contributed by atoms with Gasteiger partial charge >= 0.3 is 12.0 Å². The van der Waals surface area contributed by atoms with Crippen molar-refractivity contribution in [1.82, 2.24) is 15.8 Å². The number of hydrogen-bond donors (Lipinski definition) is 3. The van der Waals surface area contributed by atoms with Crippen LogP contribution in [-0.2, 0) is 4.79 Å². The van der Waals surface area contributed by atoms with Crippen LogP contribution in [0.4, 0.5) is 4.79 Å². The van der Waals surface area contributed by atoms with E-state index in [1.165, 1.54) is 5.01 Å². The van der Waals surface area contributed by atoms with Crippen LogP contribution in [0, 0.1) is 5.92 Å². The Kier molecular flexibility index (Phi) is 3.29. The first kappa shape index (κ1) is 10.8. The van der Waals surface area contributed by atoms with E-state index in [1.807, 2.05) is 0 Å². The normalized spacial score (nSPS) is 17.6.